The van der Waals surface area contributed by atoms with Crippen molar-refractivity contribution in [2.45, 2.75) is 20.3 Å². The lowest BCUT2D eigenvalue weighted by molar-refractivity contribution is 0.0605. The van der Waals surface area contributed by atoms with Crippen molar-refractivity contribution >= 4 is 17.3 Å². The highest BCUT2D eigenvalue weighted by Gasteiger charge is 2.18. The Bertz CT molecular complexity index is 555. The molecule has 0 radical (unpaired) electrons. The highest BCUT2D eigenvalue weighted by molar-refractivity contribution is 7.17. The standard InChI is InChI=1S/C16H18O2S/c1-11(2)9-13-10-14(12-7-5-4-6-8-12)19-15(13)16(17)18-3/h4-8,10-11H,9H2,1-3H3. The van der Waals surface area contributed by atoms with E-state index in [1.165, 1.54) is 18.4 Å². The smallest absolute Gasteiger partial charge is 0.348 e. The molecule has 2 rings (SSSR count). The normalized spacial score (nSPS) is 10.7. The highest BCUT2D eigenvalue weighted by Crippen LogP contribution is 2.33. The Balaban J connectivity index is 2.42. The summed E-state index contributed by atoms with van der Waals surface area (Å²) in [6, 6.07) is 12.3. The number of thiophene rings is 1. The maximum Gasteiger partial charge on any atom is 0.348 e. The van der Waals surface area contributed by atoms with Gasteiger partial charge in [-0.2, -0.15) is 0 Å². The van der Waals surface area contributed by atoms with E-state index in [0.29, 0.717) is 5.92 Å². The number of carbonyl (C=O) groups excluding carboxylic acids is 1. The van der Waals surface area contributed by atoms with Gasteiger partial charge < -0.3 is 4.74 Å². The van der Waals surface area contributed by atoms with E-state index in [9.17, 15) is 4.79 Å². The molecule has 1 aromatic carbocycles. The number of rotatable bonds is 4. The van der Waals surface area contributed by atoms with Crippen molar-refractivity contribution in [1.29, 1.82) is 0 Å². The van der Waals surface area contributed by atoms with E-state index >= 15 is 0 Å². The molecule has 1 heterocycles. The molecule has 0 spiro atoms. The SMILES string of the molecule is COC(=O)c1sc(-c2ccccc2)cc1CC(C)C. The fraction of sp³-hybridized carbons (Fsp3) is 0.312. The molecule has 0 saturated carbocycles. The van der Waals surface area contributed by atoms with Gasteiger partial charge in [0.2, 0.25) is 0 Å². The zero-order chi connectivity index (χ0) is 13.8. The first-order valence-corrected chi connectivity index (χ1v) is 7.20. The molecule has 0 aliphatic carbocycles. The van der Waals surface area contributed by atoms with E-state index in [1.807, 2.05) is 18.2 Å². The molecule has 19 heavy (non-hydrogen) atoms. The molecule has 0 unspecified atom stereocenters. The lowest BCUT2D eigenvalue weighted by Crippen LogP contribution is -2.03. The third-order valence-corrected chi connectivity index (χ3v) is 4.07. The summed E-state index contributed by atoms with van der Waals surface area (Å²) in [6.45, 7) is 4.31. The zero-order valence-corrected chi connectivity index (χ0v) is 12.3. The summed E-state index contributed by atoms with van der Waals surface area (Å²) in [5, 5.41) is 0. The average Bonchev–Trinajstić information content (AvgIpc) is 2.82. The van der Waals surface area contributed by atoms with Crippen LogP contribution in [0, 0.1) is 5.92 Å². The minimum atomic E-state index is -0.233. The predicted molar refractivity (Wildman–Crippen MR) is 79.6 cm³/mol. The largest absolute Gasteiger partial charge is 0.465 e. The van der Waals surface area contributed by atoms with Gasteiger partial charge in [0.1, 0.15) is 4.88 Å². The maximum atomic E-state index is 11.8. The average molecular weight is 274 g/mol. The van der Waals surface area contributed by atoms with Crippen LogP contribution in [0.15, 0.2) is 36.4 Å². The predicted octanol–water partition coefficient (Wildman–Crippen LogP) is 4.40. The van der Waals surface area contributed by atoms with Crippen molar-refractivity contribution in [2.24, 2.45) is 5.92 Å². The number of ether oxygens (including phenoxy) is 1. The van der Waals surface area contributed by atoms with Crippen LogP contribution in [0.4, 0.5) is 0 Å². The molecule has 0 fully saturated rings. The fourth-order valence-corrected chi connectivity index (χ4v) is 3.15. The van der Waals surface area contributed by atoms with Gasteiger partial charge in [-0.1, -0.05) is 44.2 Å². The van der Waals surface area contributed by atoms with E-state index < -0.39 is 0 Å². The number of esters is 1. The molecule has 0 saturated heterocycles. The van der Waals surface area contributed by atoms with Crippen molar-refractivity contribution in [2.75, 3.05) is 7.11 Å². The van der Waals surface area contributed by atoms with Gasteiger partial charge in [-0.3, -0.25) is 0 Å². The Kier molecular flexibility index (Phi) is 4.38. The van der Waals surface area contributed by atoms with Gasteiger partial charge in [0.25, 0.3) is 0 Å². The minimum absolute atomic E-state index is 0.233. The van der Waals surface area contributed by atoms with Gasteiger partial charge in [0.05, 0.1) is 7.11 Å². The molecule has 3 heteroatoms. The van der Waals surface area contributed by atoms with E-state index in [0.717, 1.165) is 27.3 Å². The molecule has 0 N–H and O–H groups in total. The third kappa shape index (κ3) is 3.24. The lowest BCUT2D eigenvalue weighted by Gasteiger charge is -2.04. The highest BCUT2D eigenvalue weighted by atomic mass is 32.1. The van der Waals surface area contributed by atoms with Crippen LogP contribution in [0.5, 0.6) is 0 Å². The number of hydrogen-bond acceptors (Lipinski definition) is 3. The van der Waals surface area contributed by atoms with Gasteiger partial charge in [0, 0.05) is 4.88 Å². The van der Waals surface area contributed by atoms with E-state index in [-0.39, 0.29) is 5.97 Å². The van der Waals surface area contributed by atoms with Crippen molar-refractivity contribution in [3.63, 3.8) is 0 Å². The van der Waals surface area contributed by atoms with Gasteiger partial charge in [-0.25, -0.2) is 4.79 Å². The first-order chi connectivity index (χ1) is 9.11. The van der Waals surface area contributed by atoms with Crippen LogP contribution in [0.3, 0.4) is 0 Å². The zero-order valence-electron chi connectivity index (χ0n) is 11.5. The van der Waals surface area contributed by atoms with Crippen LogP contribution in [0.2, 0.25) is 0 Å². The van der Waals surface area contributed by atoms with Crippen molar-refractivity contribution < 1.29 is 9.53 Å². The van der Waals surface area contributed by atoms with Crippen LogP contribution < -0.4 is 0 Å². The molecule has 0 amide bonds. The molecule has 0 atom stereocenters. The van der Waals surface area contributed by atoms with Crippen molar-refractivity contribution in [3.8, 4) is 10.4 Å². The Morgan fingerprint density at radius 3 is 2.53 bits per heavy atom. The molecule has 1 aromatic heterocycles. The van der Waals surface area contributed by atoms with Gasteiger partial charge in [-0.15, -0.1) is 11.3 Å². The first kappa shape index (κ1) is 13.8. The molecule has 2 aromatic rings. The molecule has 0 bridgehead atoms. The van der Waals surface area contributed by atoms with Crippen LogP contribution >= 0.6 is 11.3 Å². The molecular weight excluding hydrogens is 256 g/mol. The summed E-state index contributed by atoms with van der Waals surface area (Å²) in [5.41, 5.74) is 2.23. The van der Waals surface area contributed by atoms with Gasteiger partial charge in [-0.05, 0) is 29.5 Å². The summed E-state index contributed by atoms with van der Waals surface area (Å²) in [4.78, 5) is 13.7. The Morgan fingerprint density at radius 2 is 1.95 bits per heavy atom. The number of benzene rings is 1. The second-order valence-corrected chi connectivity index (χ2v) is 5.97. The lowest BCUT2D eigenvalue weighted by atomic mass is 10.0. The minimum Gasteiger partial charge on any atom is -0.465 e. The van der Waals surface area contributed by atoms with Gasteiger partial charge in [0.15, 0.2) is 0 Å². The van der Waals surface area contributed by atoms with Crippen molar-refractivity contribution in [1.82, 2.24) is 0 Å². The van der Waals surface area contributed by atoms with E-state index in [4.69, 9.17) is 4.74 Å². The van der Waals surface area contributed by atoms with Crippen molar-refractivity contribution in [3.05, 3.63) is 46.8 Å². The topological polar surface area (TPSA) is 26.3 Å². The third-order valence-electron chi connectivity index (χ3n) is 2.87. The molecule has 0 aliphatic rings. The molecule has 2 nitrogen and oxygen atoms in total. The summed E-state index contributed by atoms with van der Waals surface area (Å²) in [7, 11) is 1.43. The second-order valence-electron chi connectivity index (χ2n) is 4.92. The molecular formula is C16H18O2S. The summed E-state index contributed by atoms with van der Waals surface area (Å²) in [6.07, 6.45) is 0.897. The Morgan fingerprint density at radius 1 is 1.26 bits per heavy atom. The number of carbonyl (C=O) groups is 1. The first-order valence-electron chi connectivity index (χ1n) is 6.38. The van der Waals surface area contributed by atoms with E-state index in [2.05, 4.69) is 32.0 Å². The Hall–Kier alpha value is -1.61. The summed E-state index contributed by atoms with van der Waals surface area (Å²) < 4.78 is 4.88. The second kappa shape index (κ2) is 6.02. The number of methoxy groups -OCH3 is 1. The van der Waals surface area contributed by atoms with Crippen LogP contribution in [-0.4, -0.2) is 13.1 Å². The molecule has 100 valence electrons. The quantitative estimate of drug-likeness (QED) is 0.772. The van der Waals surface area contributed by atoms with Crippen LogP contribution in [-0.2, 0) is 11.2 Å². The maximum absolute atomic E-state index is 11.8. The van der Waals surface area contributed by atoms with E-state index in [1.54, 1.807) is 0 Å². The number of hydrogen-bond donors (Lipinski definition) is 0. The van der Waals surface area contributed by atoms with Gasteiger partial charge >= 0.3 is 5.97 Å². The summed E-state index contributed by atoms with van der Waals surface area (Å²) in [5.74, 6) is 0.282. The summed E-state index contributed by atoms with van der Waals surface area (Å²) >= 11 is 1.51. The van der Waals surface area contributed by atoms with Crippen LogP contribution in [0.25, 0.3) is 10.4 Å². The fourth-order valence-electron chi connectivity index (χ4n) is 2.03. The molecule has 0 aliphatic heterocycles. The van der Waals surface area contributed by atoms with Crippen LogP contribution in [0.1, 0.15) is 29.1 Å². The Labute approximate surface area is 118 Å². The monoisotopic (exact) mass is 274 g/mol.